The van der Waals surface area contributed by atoms with Gasteiger partial charge in [-0.25, -0.2) is 4.98 Å². The van der Waals surface area contributed by atoms with E-state index in [-0.39, 0.29) is 5.75 Å². The minimum atomic E-state index is 0.244. The first-order valence-corrected chi connectivity index (χ1v) is 6.56. The third kappa shape index (κ3) is 2.85. The Bertz CT molecular complexity index is 674. The Morgan fingerprint density at radius 1 is 0.900 bits per heavy atom. The third-order valence-corrected chi connectivity index (χ3v) is 3.15. The molecule has 0 spiro atoms. The van der Waals surface area contributed by atoms with Crippen molar-refractivity contribution < 1.29 is 5.11 Å². The smallest absolute Gasteiger partial charge is 0.181 e. The monoisotopic (exact) mass is 265 g/mol. The van der Waals surface area contributed by atoms with E-state index in [0.717, 1.165) is 24.2 Å². The molecule has 1 heterocycles. The highest BCUT2D eigenvalue weighted by atomic mass is 16.3. The number of H-pyrrole nitrogens is 1. The van der Waals surface area contributed by atoms with Gasteiger partial charge in [0.05, 0.1) is 0 Å². The molecule has 1 aromatic heterocycles. The molecule has 2 N–H and O–H groups in total. The van der Waals surface area contributed by atoms with Gasteiger partial charge in [-0.05, 0) is 36.2 Å². The lowest BCUT2D eigenvalue weighted by Crippen LogP contribution is -1.93. The van der Waals surface area contributed by atoms with E-state index in [0.29, 0.717) is 5.82 Å². The van der Waals surface area contributed by atoms with E-state index < -0.39 is 0 Å². The Kier molecular flexibility index (Phi) is 3.46. The van der Waals surface area contributed by atoms with Crippen molar-refractivity contribution in [2.75, 3.05) is 0 Å². The summed E-state index contributed by atoms with van der Waals surface area (Å²) in [5.41, 5.74) is 2.18. The quantitative estimate of drug-likeness (QED) is 0.762. The summed E-state index contributed by atoms with van der Waals surface area (Å²) in [4.78, 5) is 4.48. The van der Waals surface area contributed by atoms with Gasteiger partial charge >= 0.3 is 0 Å². The van der Waals surface area contributed by atoms with Crippen LogP contribution in [0.3, 0.4) is 0 Å². The van der Waals surface area contributed by atoms with Gasteiger partial charge in [-0.1, -0.05) is 30.3 Å². The second-order valence-electron chi connectivity index (χ2n) is 4.64. The zero-order chi connectivity index (χ0) is 13.8. The zero-order valence-electron chi connectivity index (χ0n) is 11.0. The fraction of sp³-hybridized carbons (Fsp3) is 0.125. The first-order valence-electron chi connectivity index (χ1n) is 6.56. The maximum absolute atomic E-state index is 9.27. The van der Waals surface area contributed by atoms with Crippen molar-refractivity contribution in [2.45, 2.75) is 12.8 Å². The van der Waals surface area contributed by atoms with E-state index in [1.807, 2.05) is 18.2 Å². The average Bonchev–Trinajstić information content (AvgIpc) is 2.96. The molecule has 0 aliphatic heterocycles. The maximum atomic E-state index is 9.27. The van der Waals surface area contributed by atoms with Crippen LogP contribution >= 0.6 is 0 Å². The summed E-state index contributed by atoms with van der Waals surface area (Å²) >= 11 is 0. The summed E-state index contributed by atoms with van der Waals surface area (Å²) in [5, 5.41) is 16.4. The molecule has 0 aliphatic rings. The fourth-order valence-electron chi connectivity index (χ4n) is 2.05. The Labute approximate surface area is 117 Å². The average molecular weight is 265 g/mol. The molecule has 100 valence electrons. The van der Waals surface area contributed by atoms with Crippen molar-refractivity contribution in [3.63, 3.8) is 0 Å². The van der Waals surface area contributed by atoms with Crippen molar-refractivity contribution in [3.05, 3.63) is 66.0 Å². The van der Waals surface area contributed by atoms with Crippen LogP contribution in [0.15, 0.2) is 54.6 Å². The highest BCUT2D eigenvalue weighted by Gasteiger charge is 2.06. The standard InChI is InChI=1S/C16H15N3O/c20-14-9-7-13(8-10-14)16-17-15(18-19-16)11-6-12-4-2-1-3-5-12/h1-5,7-10,20H,6,11H2,(H,17,18,19). The van der Waals surface area contributed by atoms with Crippen LogP contribution in [-0.2, 0) is 12.8 Å². The summed E-state index contributed by atoms with van der Waals surface area (Å²) in [5.74, 6) is 1.78. The molecule has 0 amide bonds. The number of aryl methyl sites for hydroxylation is 2. The molecule has 4 heteroatoms. The first kappa shape index (κ1) is 12.4. The molecule has 0 fully saturated rings. The SMILES string of the molecule is Oc1ccc(-c2n[nH]c(CCc3ccccc3)n2)cc1. The topological polar surface area (TPSA) is 61.8 Å². The van der Waals surface area contributed by atoms with E-state index in [1.165, 1.54) is 5.56 Å². The predicted octanol–water partition coefficient (Wildman–Crippen LogP) is 2.96. The lowest BCUT2D eigenvalue weighted by atomic mass is 10.1. The molecule has 0 saturated heterocycles. The van der Waals surface area contributed by atoms with Gasteiger partial charge in [0.15, 0.2) is 5.82 Å². The van der Waals surface area contributed by atoms with E-state index in [4.69, 9.17) is 0 Å². The molecule has 4 nitrogen and oxygen atoms in total. The zero-order valence-corrected chi connectivity index (χ0v) is 11.0. The summed E-state index contributed by atoms with van der Waals surface area (Å²) in [6.45, 7) is 0. The number of phenols is 1. The molecule has 0 saturated carbocycles. The molecule has 2 aromatic carbocycles. The van der Waals surface area contributed by atoms with Crippen LogP contribution in [0.5, 0.6) is 5.75 Å². The van der Waals surface area contributed by atoms with Crippen molar-refractivity contribution in [1.82, 2.24) is 15.2 Å². The Balaban J connectivity index is 1.69. The summed E-state index contributed by atoms with van der Waals surface area (Å²) < 4.78 is 0. The van der Waals surface area contributed by atoms with Gasteiger partial charge < -0.3 is 5.11 Å². The molecular formula is C16H15N3O. The van der Waals surface area contributed by atoms with Gasteiger partial charge in [0.2, 0.25) is 0 Å². The molecule has 3 rings (SSSR count). The lowest BCUT2D eigenvalue weighted by molar-refractivity contribution is 0.475. The van der Waals surface area contributed by atoms with Gasteiger partial charge in [-0.2, -0.15) is 5.10 Å². The third-order valence-electron chi connectivity index (χ3n) is 3.15. The number of aromatic hydroxyl groups is 1. The number of aromatic nitrogens is 3. The van der Waals surface area contributed by atoms with Crippen molar-refractivity contribution in [1.29, 1.82) is 0 Å². The van der Waals surface area contributed by atoms with Crippen LogP contribution in [-0.4, -0.2) is 20.3 Å². The summed E-state index contributed by atoms with van der Waals surface area (Å²) in [6, 6.07) is 17.2. The Morgan fingerprint density at radius 3 is 2.40 bits per heavy atom. The van der Waals surface area contributed by atoms with E-state index in [2.05, 4.69) is 27.3 Å². The van der Waals surface area contributed by atoms with Crippen molar-refractivity contribution in [3.8, 4) is 17.1 Å². The molecule has 0 atom stereocenters. The van der Waals surface area contributed by atoms with Crippen molar-refractivity contribution >= 4 is 0 Å². The van der Waals surface area contributed by atoms with Gasteiger partial charge in [0.1, 0.15) is 11.6 Å². The highest BCUT2D eigenvalue weighted by Crippen LogP contribution is 2.18. The van der Waals surface area contributed by atoms with Crippen LogP contribution in [0.4, 0.5) is 0 Å². The second-order valence-corrected chi connectivity index (χ2v) is 4.64. The van der Waals surface area contributed by atoms with E-state index in [9.17, 15) is 5.11 Å². The normalized spacial score (nSPS) is 10.6. The minimum absolute atomic E-state index is 0.244. The number of phenolic OH excluding ortho intramolecular Hbond substituents is 1. The van der Waals surface area contributed by atoms with E-state index in [1.54, 1.807) is 24.3 Å². The molecule has 3 aromatic rings. The van der Waals surface area contributed by atoms with Crippen LogP contribution < -0.4 is 0 Å². The fourth-order valence-corrected chi connectivity index (χ4v) is 2.05. The van der Waals surface area contributed by atoms with Crippen LogP contribution in [0.25, 0.3) is 11.4 Å². The number of hydrogen-bond acceptors (Lipinski definition) is 3. The van der Waals surface area contributed by atoms with Crippen LogP contribution in [0, 0.1) is 0 Å². The number of nitrogens with zero attached hydrogens (tertiary/aromatic N) is 2. The largest absolute Gasteiger partial charge is 0.508 e. The molecule has 20 heavy (non-hydrogen) atoms. The Hall–Kier alpha value is -2.62. The van der Waals surface area contributed by atoms with Gasteiger partial charge in [0.25, 0.3) is 0 Å². The first-order chi connectivity index (χ1) is 9.81. The number of rotatable bonds is 4. The predicted molar refractivity (Wildman–Crippen MR) is 77.3 cm³/mol. The summed E-state index contributed by atoms with van der Waals surface area (Å²) in [7, 11) is 0. The molecular weight excluding hydrogens is 250 g/mol. The lowest BCUT2D eigenvalue weighted by Gasteiger charge is -1.97. The van der Waals surface area contributed by atoms with E-state index >= 15 is 0 Å². The second kappa shape index (κ2) is 5.57. The van der Waals surface area contributed by atoms with Crippen LogP contribution in [0.1, 0.15) is 11.4 Å². The van der Waals surface area contributed by atoms with Crippen molar-refractivity contribution in [2.24, 2.45) is 0 Å². The molecule has 0 aliphatic carbocycles. The number of nitrogens with one attached hydrogen (secondary N) is 1. The molecule has 0 unspecified atom stereocenters. The van der Waals surface area contributed by atoms with Gasteiger partial charge in [0, 0.05) is 12.0 Å². The number of aromatic amines is 1. The number of hydrogen-bond donors (Lipinski definition) is 2. The molecule has 0 radical (unpaired) electrons. The van der Waals surface area contributed by atoms with Crippen LogP contribution in [0.2, 0.25) is 0 Å². The maximum Gasteiger partial charge on any atom is 0.181 e. The summed E-state index contributed by atoms with van der Waals surface area (Å²) in [6.07, 6.45) is 1.76. The molecule has 0 bridgehead atoms. The highest BCUT2D eigenvalue weighted by molar-refractivity contribution is 5.55. The Morgan fingerprint density at radius 2 is 1.65 bits per heavy atom. The van der Waals surface area contributed by atoms with Gasteiger partial charge in [-0.3, -0.25) is 5.10 Å². The minimum Gasteiger partial charge on any atom is -0.508 e. The number of benzene rings is 2. The van der Waals surface area contributed by atoms with Gasteiger partial charge in [-0.15, -0.1) is 0 Å².